The van der Waals surface area contributed by atoms with Crippen LogP contribution in [0, 0.1) is 5.92 Å². The lowest BCUT2D eigenvalue weighted by atomic mass is 9.90. The summed E-state index contributed by atoms with van der Waals surface area (Å²) in [5.74, 6) is 0.836. The Morgan fingerprint density at radius 1 is 1.48 bits per heavy atom. The van der Waals surface area contributed by atoms with Gasteiger partial charge in [0, 0.05) is 11.4 Å². The topological polar surface area (TPSA) is 55.1 Å². The van der Waals surface area contributed by atoms with Crippen molar-refractivity contribution < 1.29 is 4.79 Å². The van der Waals surface area contributed by atoms with Gasteiger partial charge in [-0.1, -0.05) is 19.8 Å². The van der Waals surface area contributed by atoms with E-state index in [-0.39, 0.29) is 23.9 Å². The van der Waals surface area contributed by atoms with Gasteiger partial charge in [-0.2, -0.15) is 0 Å². The molecule has 1 saturated carbocycles. The molecule has 0 aliphatic heterocycles. The molecule has 118 valence electrons. The summed E-state index contributed by atoms with van der Waals surface area (Å²) in [6.07, 6.45) is 7.92. The molecule has 0 bridgehead atoms. The predicted molar refractivity (Wildman–Crippen MR) is 90.5 cm³/mol. The van der Waals surface area contributed by atoms with Crippen LogP contribution < -0.4 is 11.1 Å². The first-order chi connectivity index (χ1) is 9.62. The SMILES string of the molecule is CC1CCc2sc(C(=O)NC3(CN)CCCC3)cc2C1.Cl. The molecule has 3 rings (SSSR count). The zero-order valence-corrected chi connectivity index (χ0v) is 14.2. The summed E-state index contributed by atoms with van der Waals surface area (Å²) in [5, 5.41) is 3.23. The van der Waals surface area contributed by atoms with E-state index in [1.54, 1.807) is 11.3 Å². The van der Waals surface area contributed by atoms with Gasteiger partial charge in [-0.15, -0.1) is 23.7 Å². The smallest absolute Gasteiger partial charge is 0.261 e. The van der Waals surface area contributed by atoms with Gasteiger partial charge in [-0.05, 0) is 49.7 Å². The number of amides is 1. The quantitative estimate of drug-likeness (QED) is 0.894. The summed E-state index contributed by atoms with van der Waals surface area (Å²) in [7, 11) is 0. The molecule has 0 aromatic carbocycles. The fourth-order valence-electron chi connectivity index (χ4n) is 3.55. The van der Waals surface area contributed by atoms with E-state index in [0.29, 0.717) is 6.54 Å². The normalized spacial score (nSPS) is 23.2. The molecule has 1 aromatic rings. The van der Waals surface area contributed by atoms with Crippen LogP contribution in [0.2, 0.25) is 0 Å². The standard InChI is InChI=1S/C16H24N2OS.ClH/c1-11-4-5-13-12(8-11)9-14(20-13)15(19)18-16(10-17)6-2-3-7-16;/h9,11H,2-8,10,17H2,1H3,(H,18,19);1H. The van der Waals surface area contributed by atoms with Gasteiger partial charge in [-0.3, -0.25) is 4.79 Å². The molecule has 3 N–H and O–H groups in total. The van der Waals surface area contributed by atoms with Crippen LogP contribution in [0.3, 0.4) is 0 Å². The number of thiophene rings is 1. The molecule has 0 saturated heterocycles. The summed E-state index contributed by atoms with van der Waals surface area (Å²) < 4.78 is 0. The number of rotatable bonds is 3. The van der Waals surface area contributed by atoms with Crippen LogP contribution in [0.25, 0.3) is 0 Å². The fraction of sp³-hybridized carbons (Fsp3) is 0.688. The summed E-state index contributed by atoms with van der Waals surface area (Å²) in [4.78, 5) is 14.8. The minimum atomic E-state index is -0.144. The van der Waals surface area contributed by atoms with Crippen molar-refractivity contribution in [3.05, 3.63) is 21.4 Å². The molecule has 2 aliphatic rings. The van der Waals surface area contributed by atoms with Crippen LogP contribution in [0.5, 0.6) is 0 Å². The van der Waals surface area contributed by atoms with E-state index in [1.165, 1.54) is 29.7 Å². The van der Waals surface area contributed by atoms with Gasteiger partial charge >= 0.3 is 0 Å². The van der Waals surface area contributed by atoms with Gasteiger partial charge in [0.05, 0.1) is 10.4 Å². The Kier molecular flexibility index (Phi) is 5.33. The van der Waals surface area contributed by atoms with E-state index < -0.39 is 0 Å². The Hall–Kier alpha value is -0.580. The third-order valence-electron chi connectivity index (χ3n) is 4.88. The number of nitrogens with one attached hydrogen (secondary N) is 1. The van der Waals surface area contributed by atoms with Crippen LogP contribution in [0.15, 0.2) is 6.07 Å². The largest absolute Gasteiger partial charge is 0.345 e. The summed E-state index contributed by atoms with van der Waals surface area (Å²) in [5.41, 5.74) is 7.15. The fourth-order valence-corrected chi connectivity index (χ4v) is 4.66. The van der Waals surface area contributed by atoms with Gasteiger partial charge in [0.2, 0.25) is 0 Å². The minimum Gasteiger partial charge on any atom is -0.345 e. The lowest BCUT2D eigenvalue weighted by molar-refractivity contribution is 0.0907. The molecule has 1 fully saturated rings. The highest BCUT2D eigenvalue weighted by Gasteiger charge is 2.34. The molecule has 1 unspecified atom stereocenters. The number of hydrogen-bond acceptors (Lipinski definition) is 3. The third kappa shape index (κ3) is 3.43. The Balaban J connectivity index is 0.00000161. The van der Waals surface area contributed by atoms with Gasteiger partial charge in [-0.25, -0.2) is 0 Å². The Morgan fingerprint density at radius 3 is 2.86 bits per heavy atom. The molecule has 5 heteroatoms. The second kappa shape index (κ2) is 6.67. The number of halogens is 1. The number of carbonyl (C=O) groups is 1. The molecule has 1 amide bonds. The maximum Gasteiger partial charge on any atom is 0.261 e. The summed E-state index contributed by atoms with van der Waals surface area (Å²) >= 11 is 1.69. The molecule has 2 aliphatic carbocycles. The lowest BCUT2D eigenvalue weighted by Crippen LogP contribution is -2.51. The predicted octanol–water partition coefficient (Wildman–Crippen LogP) is 3.30. The molecule has 1 aromatic heterocycles. The van der Waals surface area contributed by atoms with Crippen molar-refractivity contribution in [3.63, 3.8) is 0 Å². The van der Waals surface area contributed by atoms with Crippen molar-refractivity contribution >= 4 is 29.7 Å². The first-order valence-electron chi connectivity index (χ1n) is 7.76. The average molecular weight is 329 g/mol. The number of aryl methyl sites for hydroxylation is 1. The van der Waals surface area contributed by atoms with E-state index in [1.807, 2.05) is 0 Å². The maximum atomic E-state index is 12.5. The van der Waals surface area contributed by atoms with Crippen molar-refractivity contribution in [2.24, 2.45) is 11.7 Å². The van der Waals surface area contributed by atoms with E-state index >= 15 is 0 Å². The van der Waals surface area contributed by atoms with Crippen molar-refractivity contribution in [3.8, 4) is 0 Å². The summed E-state index contributed by atoms with van der Waals surface area (Å²) in [6, 6.07) is 2.12. The van der Waals surface area contributed by atoms with Crippen molar-refractivity contribution in [2.75, 3.05) is 6.54 Å². The van der Waals surface area contributed by atoms with Gasteiger partial charge < -0.3 is 11.1 Å². The molecule has 1 heterocycles. The van der Waals surface area contributed by atoms with Gasteiger partial charge in [0.25, 0.3) is 5.91 Å². The third-order valence-corrected chi connectivity index (χ3v) is 6.12. The molecular formula is C16H25ClN2OS. The van der Waals surface area contributed by atoms with E-state index in [0.717, 1.165) is 36.5 Å². The molecular weight excluding hydrogens is 304 g/mol. The highest BCUT2D eigenvalue weighted by atomic mass is 35.5. The second-order valence-electron chi connectivity index (χ2n) is 6.55. The lowest BCUT2D eigenvalue weighted by Gasteiger charge is -2.28. The Bertz CT molecular complexity index is 508. The average Bonchev–Trinajstić information content (AvgIpc) is 3.05. The van der Waals surface area contributed by atoms with E-state index in [9.17, 15) is 4.79 Å². The molecule has 21 heavy (non-hydrogen) atoms. The first kappa shape index (κ1) is 16.8. The Labute approximate surface area is 137 Å². The molecule has 0 spiro atoms. The summed E-state index contributed by atoms with van der Waals surface area (Å²) in [6.45, 7) is 2.85. The monoisotopic (exact) mass is 328 g/mol. The molecule has 0 radical (unpaired) electrons. The molecule has 1 atom stereocenters. The van der Waals surface area contributed by atoms with Crippen LogP contribution in [-0.2, 0) is 12.8 Å². The minimum absolute atomic E-state index is 0. The highest BCUT2D eigenvalue weighted by Crippen LogP contribution is 2.33. The van der Waals surface area contributed by atoms with Crippen molar-refractivity contribution in [1.82, 2.24) is 5.32 Å². The highest BCUT2D eigenvalue weighted by molar-refractivity contribution is 7.14. The van der Waals surface area contributed by atoms with Gasteiger partial charge in [0.1, 0.15) is 0 Å². The Morgan fingerprint density at radius 2 is 2.19 bits per heavy atom. The van der Waals surface area contributed by atoms with Crippen LogP contribution >= 0.6 is 23.7 Å². The second-order valence-corrected chi connectivity index (χ2v) is 7.69. The molecule has 3 nitrogen and oxygen atoms in total. The van der Waals surface area contributed by atoms with Crippen LogP contribution in [0.1, 0.15) is 59.1 Å². The number of nitrogens with two attached hydrogens (primary N) is 1. The number of hydrogen-bond donors (Lipinski definition) is 2. The van der Waals surface area contributed by atoms with E-state index in [2.05, 4.69) is 18.3 Å². The number of fused-ring (bicyclic) bond motifs is 1. The first-order valence-corrected chi connectivity index (χ1v) is 8.58. The van der Waals surface area contributed by atoms with Crippen LogP contribution in [-0.4, -0.2) is 18.0 Å². The van der Waals surface area contributed by atoms with Crippen LogP contribution in [0.4, 0.5) is 0 Å². The zero-order chi connectivity index (χ0) is 14.2. The van der Waals surface area contributed by atoms with Gasteiger partial charge in [0.15, 0.2) is 0 Å². The van der Waals surface area contributed by atoms with E-state index in [4.69, 9.17) is 5.73 Å². The number of carbonyl (C=O) groups excluding carboxylic acids is 1. The van der Waals surface area contributed by atoms with Crippen molar-refractivity contribution in [2.45, 2.75) is 57.4 Å². The zero-order valence-electron chi connectivity index (χ0n) is 12.6. The van der Waals surface area contributed by atoms with Crippen molar-refractivity contribution in [1.29, 1.82) is 0 Å². The maximum absolute atomic E-state index is 12.5.